The van der Waals surface area contributed by atoms with Crippen LogP contribution in [0.3, 0.4) is 0 Å². The maximum absolute atomic E-state index is 4.81. The molecule has 1 unspecified atom stereocenters. The number of nitrogens with one attached hydrogen (secondary N) is 1. The third-order valence-corrected chi connectivity index (χ3v) is 4.24. The van der Waals surface area contributed by atoms with E-state index in [1.807, 2.05) is 0 Å². The number of rotatable bonds is 7. The van der Waals surface area contributed by atoms with E-state index >= 15 is 0 Å². The van der Waals surface area contributed by atoms with Gasteiger partial charge in [-0.2, -0.15) is 0 Å². The van der Waals surface area contributed by atoms with Gasteiger partial charge in [0.05, 0.1) is 0 Å². The maximum atomic E-state index is 4.81. The Morgan fingerprint density at radius 3 is 2.70 bits per heavy atom. The summed E-state index contributed by atoms with van der Waals surface area (Å²) in [5.41, 5.74) is 3.84. The fraction of sp³-hybridized carbons (Fsp3) is 0.706. The van der Waals surface area contributed by atoms with Crippen molar-refractivity contribution in [1.29, 1.82) is 0 Å². The summed E-state index contributed by atoms with van der Waals surface area (Å²) in [6.07, 6.45) is 3.87. The molecular formula is C17H29N3. The number of pyridine rings is 1. The highest BCUT2D eigenvalue weighted by Crippen LogP contribution is 2.25. The van der Waals surface area contributed by atoms with Gasteiger partial charge in [0.1, 0.15) is 5.82 Å². The van der Waals surface area contributed by atoms with E-state index in [-0.39, 0.29) is 0 Å². The number of aromatic nitrogens is 1. The van der Waals surface area contributed by atoms with Gasteiger partial charge in [-0.05, 0) is 44.2 Å². The predicted octanol–water partition coefficient (Wildman–Crippen LogP) is 3.43. The van der Waals surface area contributed by atoms with Crippen molar-refractivity contribution in [2.24, 2.45) is 5.92 Å². The van der Waals surface area contributed by atoms with Gasteiger partial charge in [-0.1, -0.05) is 20.3 Å². The van der Waals surface area contributed by atoms with Crippen molar-refractivity contribution in [2.75, 3.05) is 18.5 Å². The summed E-state index contributed by atoms with van der Waals surface area (Å²) in [5, 5.41) is 3.63. The molecule has 1 N–H and O–H groups in total. The van der Waals surface area contributed by atoms with E-state index in [4.69, 9.17) is 4.98 Å². The summed E-state index contributed by atoms with van der Waals surface area (Å²) in [4.78, 5) is 7.14. The lowest BCUT2D eigenvalue weighted by Crippen LogP contribution is -2.28. The van der Waals surface area contributed by atoms with Gasteiger partial charge in [-0.25, -0.2) is 4.98 Å². The molecule has 0 radical (unpaired) electrons. The van der Waals surface area contributed by atoms with E-state index in [1.54, 1.807) is 0 Å². The molecule has 3 heteroatoms. The Morgan fingerprint density at radius 2 is 2.10 bits per heavy atom. The highest BCUT2D eigenvalue weighted by molar-refractivity contribution is 5.51. The average molecular weight is 275 g/mol. The predicted molar refractivity (Wildman–Crippen MR) is 86.3 cm³/mol. The maximum Gasteiger partial charge on any atom is 0.133 e. The molecule has 1 aliphatic carbocycles. The minimum Gasteiger partial charge on any atom is -0.359 e. The fourth-order valence-electron chi connectivity index (χ4n) is 2.59. The Labute approximate surface area is 123 Å². The van der Waals surface area contributed by atoms with Crippen molar-refractivity contribution in [2.45, 2.75) is 59.5 Å². The van der Waals surface area contributed by atoms with Crippen LogP contribution in [-0.2, 0) is 6.54 Å². The smallest absolute Gasteiger partial charge is 0.133 e. The Hall–Kier alpha value is -1.09. The van der Waals surface area contributed by atoms with Gasteiger partial charge in [0.2, 0.25) is 0 Å². The van der Waals surface area contributed by atoms with Gasteiger partial charge in [-0.15, -0.1) is 0 Å². The van der Waals surface area contributed by atoms with E-state index in [1.165, 1.54) is 30.4 Å². The van der Waals surface area contributed by atoms with E-state index in [2.05, 4.69) is 51.0 Å². The third kappa shape index (κ3) is 3.95. The molecule has 20 heavy (non-hydrogen) atoms. The molecule has 112 valence electrons. The van der Waals surface area contributed by atoms with Crippen LogP contribution in [0, 0.1) is 19.8 Å². The average Bonchev–Trinajstić information content (AvgIpc) is 3.20. The SMILES string of the molecule is CCC(C)CN(C)c1nc(C)cc(C)c1CNC1CC1. The van der Waals surface area contributed by atoms with Crippen LogP contribution in [0.5, 0.6) is 0 Å². The van der Waals surface area contributed by atoms with Crippen molar-refractivity contribution >= 4 is 5.82 Å². The van der Waals surface area contributed by atoms with Gasteiger partial charge < -0.3 is 10.2 Å². The first-order valence-corrected chi connectivity index (χ1v) is 7.92. The summed E-state index contributed by atoms with van der Waals surface area (Å²) in [7, 11) is 2.17. The van der Waals surface area contributed by atoms with Crippen molar-refractivity contribution < 1.29 is 0 Å². The largest absolute Gasteiger partial charge is 0.359 e. The van der Waals surface area contributed by atoms with Crippen LogP contribution in [0.25, 0.3) is 0 Å². The zero-order chi connectivity index (χ0) is 14.7. The normalized spacial score (nSPS) is 16.2. The van der Waals surface area contributed by atoms with Crippen molar-refractivity contribution in [3.05, 3.63) is 22.9 Å². The van der Waals surface area contributed by atoms with E-state index in [0.29, 0.717) is 5.92 Å². The number of hydrogen-bond acceptors (Lipinski definition) is 3. The van der Waals surface area contributed by atoms with Crippen LogP contribution < -0.4 is 10.2 Å². The first-order chi connectivity index (χ1) is 9.51. The lowest BCUT2D eigenvalue weighted by Gasteiger charge is -2.26. The molecule has 0 spiro atoms. The number of anilines is 1. The first kappa shape index (κ1) is 15.3. The van der Waals surface area contributed by atoms with Crippen molar-refractivity contribution in [3.8, 4) is 0 Å². The summed E-state index contributed by atoms with van der Waals surface area (Å²) >= 11 is 0. The number of hydrogen-bond donors (Lipinski definition) is 1. The molecule has 0 amide bonds. The Balaban J connectivity index is 2.18. The topological polar surface area (TPSA) is 28.2 Å². The van der Waals surface area contributed by atoms with Gasteiger partial charge in [0.25, 0.3) is 0 Å². The lowest BCUT2D eigenvalue weighted by atomic mass is 10.1. The van der Waals surface area contributed by atoms with E-state index in [0.717, 1.165) is 30.6 Å². The van der Waals surface area contributed by atoms with Gasteiger partial charge in [0, 0.05) is 37.4 Å². The van der Waals surface area contributed by atoms with Crippen LogP contribution in [0.2, 0.25) is 0 Å². The number of aryl methyl sites for hydroxylation is 2. The second-order valence-corrected chi connectivity index (χ2v) is 6.43. The van der Waals surface area contributed by atoms with Crippen LogP contribution in [0.1, 0.15) is 49.9 Å². The van der Waals surface area contributed by atoms with Crippen LogP contribution >= 0.6 is 0 Å². The molecule has 0 aliphatic heterocycles. The lowest BCUT2D eigenvalue weighted by molar-refractivity contribution is 0.555. The molecule has 1 saturated carbocycles. The Kier molecular flexibility index (Phi) is 5.03. The molecule has 0 bridgehead atoms. The highest BCUT2D eigenvalue weighted by Gasteiger charge is 2.22. The molecule has 1 aromatic heterocycles. The zero-order valence-corrected chi connectivity index (χ0v) is 13.7. The van der Waals surface area contributed by atoms with Gasteiger partial charge >= 0.3 is 0 Å². The van der Waals surface area contributed by atoms with Crippen molar-refractivity contribution in [1.82, 2.24) is 10.3 Å². The molecule has 1 heterocycles. The molecule has 1 fully saturated rings. The summed E-state index contributed by atoms with van der Waals surface area (Å²) in [6, 6.07) is 2.94. The molecular weight excluding hydrogens is 246 g/mol. The quantitative estimate of drug-likeness (QED) is 0.826. The van der Waals surface area contributed by atoms with Gasteiger partial charge in [-0.3, -0.25) is 0 Å². The van der Waals surface area contributed by atoms with Crippen LogP contribution in [0.15, 0.2) is 6.07 Å². The van der Waals surface area contributed by atoms with Gasteiger partial charge in [0.15, 0.2) is 0 Å². The molecule has 1 atom stereocenters. The van der Waals surface area contributed by atoms with E-state index < -0.39 is 0 Å². The summed E-state index contributed by atoms with van der Waals surface area (Å²) in [6.45, 7) is 10.9. The molecule has 0 aromatic carbocycles. The molecule has 0 saturated heterocycles. The monoisotopic (exact) mass is 275 g/mol. The highest BCUT2D eigenvalue weighted by atomic mass is 15.2. The Bertz CT molecular complexity index is 452. The minimum atomic E-state index is 0.701. The minimum absolute atomic E-state index is 0.701. The summed E-state index contributed by atoms with van der Waals surface area (Å²) < 4.78 is 0. The Morgan fingerprint density at radius 1 is 1.40 bits per heavy atom. The zero-order valence-electron chi connectivity index (χ0n) is 13.7. The summed E-state index contributed by atoms with van der Waals surface area (Å²) in [5.74, 6) is 1.86. The first-order valence-electron chi connectivity index (χ1n) is 7.92. The molecule has 2 rings (SSSR count). The van der Waals surface area contributed by atoms with E-state index in [9.17, 15) is 0 Å². The molecule has 1 aliphatic rings. The second-order valence-electron chi connectivity index (χ2n) is 6.43. The second kappa shape index (κ2) is 6.57. The molecule has 3 nitrogen and oxygen atoms in total. The van der Waals surface area contributed by atoms with Crippen LogP contribution in [0.4, 0.5) is 5.82 Å². The van der Waals surface area contributed by atoms with Crippen molar-refractivity contribution in [3.63, 3.8) is 0 Å². The fourth-order valence-corrected chi connectivity index (χ4v) is 2.59. The standard InChI is InChI=1S/C17H29N3/c1-6-12(2)11-20(5)17-16(10-18-15-7-8-15)13(3)9-14(4)19-17/h9,12,15,18H,6-8,10-11H2,1-5H3. The van der Waals surface area contributed by atoms with Crippen LogP contribution in [-0.4, -0.2) is 24.6 Å². The third-order valence-electron chi connectivity index (χ3n) is 4.24. The molecule has 1 aromatic rings. The number of nitrogens with zero attached hydrogens (tertiary/aromatic N) is 2.